The monoisotopic (exact) mass is 262 g/mol. The maximum atomic E-state index is 12.1. The van der Waals surface area contributed by atoms with Crippen LogP contribution in [0.25, 0.3) is 0 Å². The van der Waals surface area contributed by atoms with E-state index in [1.807, 2.05) is 42.2 Å². The highest BCUT2D eigenvalue weighted by atomic mass is 16.5. The number of hydrogen-bond acceptors (Lipinski definition) is 3. The first-order valence-electron chi connectivity index (χ1n) is 6.98. The van der Waals surface area contributed by atoms with Gasteiger partial charge in [0.1, 0.15) is 0 Å². The van der Waals surface area contributed by atoms with Crippen LogP contribution >= 0.6 is 0 Å². The smallest absolute Gasteiger partial charge is 0.241 e. The van der Waals surface area contributed by atoms with E-state index in [-0.39, 0.29) is 12.0 Å². The molecule has 0 saturated carbocycles. The van der Waals surface area contributed by atoms with E-state index in [1.165, 1.54) is 0 Å². The van der Waals surface area contributed by atoms with E-state index >= 15 is 0 Å². The van der Waals surface area contributed by atoms with Crippen LogP contribution in [0.4, 0.5) is 5.69 Å². The second-order valence-corrected chi connectivity index (χ2v) is 4.79. The highest BCUT2D eigenvalue weighted by Crippen LogP contribution is 2.13. The Morgan fingerprint density at radius 3 is 2.84 bits per heavy atom. The summed E-state index contributed by atoms with van der Waals surface area (Å²) in [7, 11) is 0. The Hall–Kier alpha value is -1.55. The largest absolute Gasteiger partial charge is 0.376 e. The van der Waals surface area contributed by atoms with E-state index in [0.29, 0.717) is 13.1 Å². The van der Waals surface area contributed by atoms with Gasteiger partial charge in [-0.3, -0.25) is 4.79 Å². The van der Waals surface area contributed by atoms with Gasteiger partial charge < -0.3 is 15.0 Å². The van der Waals surface area contributed by atoms with Gasteiger partial charge in [0.05, 0.1) is 12.6 Å². The summed E-state index contributed by atoms with van der Waals surface area (Å²) in [5.41, 5.74) is 0.976. The molecule has 1 fully saturated rings. The van der Waals surface area contributed by atoms with Gasteiger partial charge in [-0.05, 0) is 31.9 Å². The van der Waals surface area contributed by atoms with Crippen LogP contribution in [-0.4, -0.2) is 43.2 Å². The summed E-state index contributed by atoms with van der Waals surface area (Å²) < 4.78 is 5.58. The van der Waals surface area contributed by atoms with Crippen LogP contribution in [0, 0.1) is 0 Å². The van der Waals surface area contributed by atoms with Crippen molar-refractivity contribution in [2.24, 2.45) is 0 Å². The summed E-state index contributed by atoms with van der Waals surface area (Å²) in [5.74, 6) is 0.127. The number of nitrogens with one attached hydrogen (secondary N) is 1. The zero-order valence-corrected chi connectivity index (χ0v) is 11.5. The van der Waals surface area contributed by atoms with Crippen LogP contribution in [0.1, 0.15) is 19.8 Å². The molecular formula is C15H22N2O2. The average Bonchev–Trinajstić information content (AvgIpc) is 2.96. The Bertz CT molecular complexity index is 388. The van der Waals surface area contributed by atoms with Crippen LogP contribution in [-0.2, 0) is 9.53 Å². The van der Waals surface area contributed by atoms with Crippen LogP contribution in [0.2, 0.25) is 0 Å². The van der Waals surface area contributed by atoms with Gasteiger partial charge in [-0.15, -0.1) is 0 Å². The minimum atomic E-state index is 0.127. The molecule has 19 heavy (non-hydrogen) atoms. The third-order valence-electron chi connectivity index (χ3n) is 3.40. The molecule has 1 unspecified atom stereocenters. The molecule has 2 rings (SSSR count). The zero-order chi connectivity index (χ0) is 13.5. The standard InChI is InChI=1S/C15H22N2O2/c1-2-17(12-14-9-6-10-19-14)15(18)11-16-13-7-4-3-5-8-13/h3-5,7-8,14,16H,2,6,9-12H2,1H3. The van der Waals surface area contributed by atoms with Crippen molar-refractivity contribution in [2.45, 2.75) is 25.9 Å². The molecule has 1 atom stereocenters. The second-order valence-electron chi connectivity index (χ2n) is 4.79. The number of anilines is 1. The topological polar surface area (TPSA) is 41.6 Å². The fraction of sp³-hybridized carbons (Fsp3) is 0.533. The van der Waals surface area contributed by atoms with Gasteiger partial charge in [0.25, 0.3) is 0 Å². The first kappa shape index (κ1) is 13.9. The van der Waals surface area contributed by atoms with Gasteiger partial charge in [0.2, 0.25) is 5.91 Å². The van der Waals surface area contributed by atoms with Crippen LogP contribution < -0.4 is 5.32 Å². The molecule has 0 spiro atoms. The van der Waals surface area contributed by atoms with Gasteiger partial charge in [0, 0.05) is 25.4 Å². The molecule has 1 aromatic carbocycles. The number of likely N-dealkylation sites (N-methyl/N-ethyl adjacent to an activating group) is 1. The first-order valence-corrected chi connectivity index (χ1v) is 6.98. The van der Waals surface area contributed by atoms with Crippen molar-refractivity contribution in [1.82, 2.24) is 4.90 Å². The molecule has 0 aliphatic carbocycles. The molecule has 1 N–H and O–H groups in total. The van der Waals surface area contributed by atoms with Crippen molar-refractivity contribution in [1.29, 1.82) is 0 Å². The SMILES string of the molecule is CCN(CC1CCCO1)C(=O)CNc1ccccc1. The summed E-state index contributed by atoms with van der Waals surface area (Å²) in [6, 6.07) is 9.80. The molecule has 1 saturated heterocycles. The lowest BCUT2D eigenvalue weighted by molar-refractivity contribution is -0.130. The molecule has 1 aliphatic rings. The molecule has 0 aromatic heterocycles. The molecule has 4 nitrogen and oxygen atoms in total. The van der Waals surface area contributed by atoms with Gasteiger partial charge in [-0.25, -0.2) is 0 Å². The maximum Gasteiger partial charge on any atom is 0.241 e. The second kappa shape index (κ2) is 7.14. The fourth-order valence-electron chi connectivity index (χ4n) is 2.29. The van der Waals surface area contributed by atoms with E-state index in [4.69, 9.17) is 4.74 Å². The lowest BCUT2D eigenvalue weighted by atomic mass is 10.2. The van der Waals surface area contributed by atoms with Gasteiger partial charge in [0.15, 0.2) is 0 Å². The number of para-hydroxylation sites is 1. The Morgan fingerprint density at radius 2 is 2.21 bits per heavy atom. The number of carbonyl (C=O) groups is 1. The van der Waals surface area contributed by atoms with Crippen molar-refractivity contribution in [2.75, 3.05) is 31.6 Å². The number of carbonyl (C=O) groups excluding carboxylic acids is 1. The number of ether oxygens (including phenoxy) is 1. The number of hydrogen-bond donors (Lipinski definition) is 1. The number of benzene rings is 1. The lowest BCUT2D eigenvalue weighted by Crippen LogP contribution is -2.40. The Morgan fingerprint density at radius 1 is 1.42 bits per heavy atom. The molecular weight excluding hydrogens is 240 g/mol. The Balaban J connectivity index is 1.79. The summed E-state index contributed by atoms with van der Waals surface area (Å²) >= 11 is 0. The van der Waals surface area contributed by atoms with Gasteiger partial charge in [-0.2, -0.15) is 0 Å². The van der Waals surface area contributed by atoms with Crippen molar-refractivity contribution in [3.8, 4) is 0 Å². The van der Waals surface area contributed by atoms with E-state index < -0.39 is 0 Å². The molecule has 4 heteroatoms. The van der Waals surface area contributed by atoms with Crippen LogP contribution in [0.3, 0.4) is 0 Å². The van der Waals surface area contributed by atoms with Crippen molar-refractivity contribution in [3.05, 3.63) is 30.3 Å². The summed E-state index contributed by atoms with van der Waals surface area (Å²) in [6.45, 7) is 4.62. The summed E-state index contributed by atoms with van der Waals surface area (Å²) in [4.78, 5) is 14.0. The summed E-state index contributed by atoms with van der Waals surface area (Å²) in [6.07, 6.45) is 2.40. The van der Waals surface area contributed by atoms with Crippen molar-refractivity contribution in [3.63, 3.8) is 0 Å². The predicted octanol–water partition coefficient (Wildman–Crippen LogP) is 2.13. The van der Waals surface area contributed by atoms with E-state index in [2.05, 4.69) is 5.32 Å². The van der Waals surface area contributed by atoms with Crippen LogP contribution in [0.5, 0.6) is 0 Å². The van der Waals surface area contributed by atoms with Crippen LogP contribution in [0.15, 0.2) is 30.3 Å². The van der Waals surface area contributed by atoms with Crippen molar-refractivity contribution < 1.29 is 9.53 Å². The number of nitrogens with zero attached hydrogens (tertiary/aromatic N) is 1. The normalized spacial score (nSPS) is 18.3. The highest BCUT2D eigenvalue weighted by Gasteiger charge is 2.21. The molecule has 0 radical (unpaired) electrons. The third-order valence-corrected chi connectivity index (χ3v) is 3.40. The summed E-state index contributed by atoms with van der Waals surface area (Å²) in [5, 5.41) is 3.15. The van der Waals surface area contributed by atoms with E-state index in [0.717, 1.165) is 31.7 Å². The number of rotatable bonds is 6. The highest BCUT2D eigenvalue weighted by molar-refractivity contribution is 5.80. The minimum absolute atomic E-state index is 0.127. The van der Waals surface area contributed by atoms with Crippen molar-refractivity contribution >= 4 is 11.6 Å². The predicted molar refractivity (Wildman–Crippen MR) is 76.2 cm³/mol. The molecule has 1 amide bonds. The fourth-order valence-corrected chi connectivity index (χ4v) is 2.29. The lowest BCUT2D eigenvalue weighted by Gasteiger charge is -2.24. The molecule has 104 valence electrons. The molecule has 1 aromatic rings. The Kier molecular flexibility index (Phi) is 5.21. The Labute approximate surface area is 114 Å². The van der Waals surface area contributed by atoms with Gasteiger partial charge in [-0.1, -0.05) is 18.2 Å². The van der Waals surface area contributed by atoms with E-state index in [9.17, 15) is 4.79 Å². The van der Waals surface area contributed by atoms with Gasteiger partial charge >= 0.3 is 0 Å². The minimum Gasteiger partial charge on any atom is -0.376 e. The first-order chi connectivity index (χ1) is 9.29. The quantitative estimate of drug-likeness (QED) is 0.854. The van der Waals surface area contributed by atoms with E-state index in [1.54, 1.807) is 0 Å². The zero-order valence-electron chi connectivity index (χ0n) is 11.5. The maximum absolute atomic E-state index is 12.1. The number of amides is 1. The average molecular weight is 262 g/mol. The molecule has 1 aliphatic heterocycles. The molecule has 0 bridgehead atoms. The third kappa shape index (κ3) is 4.24. The molecule has 1 heterocycles.